The van der Waals surface area contributed by atoms with Crippen LogP contribution in [0.25, 0.3) is 0 Å². The Morgan fingerprint density at radius 3 is 2.06 bits per heavy atom. The molecule has 0 saturated carbocycles. The third-order valence-electron chi connectivity index (χ3n) is 3.17. The van der Waals surface area contributed by atoms with Crippen molar-refractivity contribution in [2.45, 2.75) is 52.2 Å². The first kappa shape index (κ1) is 15.0. The highest BCUT2D eigenvalue weighted by Crippen LogP contribution is 2.27. The largest absolute Gasteiger partial charge is 0.496 e. The molecule has 0 aliphatic heterocycles. The van der Waals surface area contributed by atoms with Crippen molar-refractivity contribution >= 4 is 0 Å². The number of rotatable bonds is 8. The van der Waals surface area contributed by atoms with Crippen LogP contribution in [0.15, 0.2) is 12.1 Å². The van der Waals surface area contributed by atoms with Crippen molar-refractivity contribution in [1.82, 2.24) is 0 Å². The normalized spacial score (nSPS) is 10.7. The zero-order valence-electron chi connectivity index (χ0n) is 11.4. The van der Waals surface area contributed by atoms with Crippen LogP contribution in [0, 0.1) is 0 Å². The van der Waals surface area contributed by atoms with Gasteiger partial charge in [-0.25, -0.2) is 0 Å². The molecule has 3 nitrogen and oxygen atoms in total. The van der Waals surface area contributed by atoms with Gasteiger partial charge in [-0.2, -0.15) is 0 Å². The average molecular weight is 252 g/mol. The fourth-order valence-corrected chi connectivity index (χ4v) is 2.22. The quantitative estimate of drug-likeness (QED) is 0.699. The van der Waals surface area contributed by atoms with Crippen molar-refractivity contribution in [1.29, 1.82) is 0 Å². The van der Waals surface area contributed by atoms with Gasteiger partial charge >= 0.3 is 0 Å². The summed E-state index contributed by atoms with van der Waals surface area (Å²) in [5.41, 5.74) is 2.68. The van der Waals surface area contributed by atoms with Gasteiger partial charge < -0.3 is 14.9 Å². The van der Waals surface area contributed by atoms with Gasteiger partial charge in [-0.15, -0.1) is 0 Å². The highest BCUT2D eigenvalue weighted by Gasteiger charge is 2.10. The molecule has 0 aliphatic carbocycles. The number of benzene rings is 1. The van der Waals surface area contributed by atoms with Gasteiger partial charge in [0.05, 0.1) is 20.3 Å². The van der Waals surface area contributed by atoms with Crippen LogP contribution < -0.4 is 4.74 Å². The zero-order valence-corrected chi connectivity index (χ0v) is 11.4. The average Bonchev–Trinajstić information content (AvgIpc) is 2.42. The second kappa shape index (κ2) is 8.11. The summed E-state index contributed by atoms with van der Waals surface area (Å²) < 4.78 is 5.24. The van der Waals surface area contributed by atoms with E-state index in [1.165, 1.54) is 24.8 Å². The van der Waals surface area contributed by atoms with Crippen molar-refractivity contribution in [2.75, 3.05) is 7.11 Å². The van der Waals surface area contributed by atoms with E-state index in [0.29, 0.717) is 5.75 Å². The molecule has 0 unspecified atom stereocenters. The van der Waals surface area contributed by atoms with Crippen molar-refractivity contribution in [2.24, 2.45) is 0 Å². The maximum atomic E-state index is 9.34. The number of hydrogen-bond acceptors (Lipinski definition) is 3. The number of aliphatic hydroxyl groups is 2. The fourth-order valence-electron chi connectivity index (χ4n) is 2.22. The lowest BCUT2D eigenvalue weighted by Crippen LogP contribution is -2.00. The van der Waals surface area contributed by atoms with Crippen LogP contribution in [0.3, 0.4) is 0 Å². The maximum absolute atomic E-state index is 9.34. The van der Waals surface area contributed by atoms with E-state index in [-0.39, 0.29) is 13.2 Å². The highest BCUT2D eigenvalue weighted by molar-refractivity contribution is 5.44. The van der Waals surface area contributed by atoms with Crippen LogP contribution >= 0.6 is 0 Å². The van der Waals surface area contributed by atoms with E-state index in [1.807, 2.05) is 12.1 Å². The van der Waals surface area contributed by atoms with Crippen molar-refractivity contribution < 1.29 is 14.9 Å². The van der Waals surface area contributed by atoms with Gasteiger partial charge in [0.25, 0.3) is 0 Å². The molecule has 0 radical (unpaired) electrons. The second-order valence-electron chi connectivity index (χ2n) is 4.57. The first-order valence-corrected chi connectivity index (χ1v) is 6.67. The molecule has 0 saturated heterocycles. The summed E-state index contributed by atoms with van der Waals surface area (Å²) >= 11 is 0. The predicted octanol–water partition coefficient (Wildman–Crippen LogP) is 2.80. The number of unbranched alkanes of at least 4 members (excludes halogenated alkanes) is 3. The number of ether oxygens (including phenoxy) is 1. The van der Waals surface area contributed by atoms with Crippen molar-refractivity contribution in [3.8, 4) is 5.75 Å². The molecule has 0 amide bonds. The first-order chi connectivity index (χ1) is 8.76. The summed E-state index contributed by atoms with van der Waals surface area (Å²) in [4.78, 5) is 0. The highest BCUT2D eigenvalue weighted by atomic mass is 16.5. The Balaban J connectivity index is 2.80. The second-order valence-corrected chi connectivity index (χ2v) is 4.57. The molecule has 0 atom stereocenters. The Hall–Kier alpha value is -1.06. The van der Waals surface area contributed by atoms with Crippen molar-refractivity contribution in [3.05, 3.63) is 28.8 Å². The third-order valence-corrected chi connectivity index (χ3v) is 3.17. The lowest BCUT2D eigenvalue weighted by Gasteiger charge is -2.13. The van der Waals surface area contributed by atoms with E-state index in [4.69, 9.17) is 4.74 Å². The summed E-state index contributed by atoms with van der Waals surface area (Å²) in [7, 11) is 1.56. The molecule has 0 aliphatic rings. The lowest BCUT2D eigenvalue weighted by molar-refractivity contribution is 0.260. The third kappa shape index (κ3) is 4.00. The fraction of sp³-hybridized carbons (Fsp3) is 0.600. The minimum absolute atomic E-state index is 0.0566. The summed E-state index contributed by atoms with van der Waals surface area (Å²) in [5.74, 6) is 0.609. The molecule has 0 spiro atoms. The number of aryl methyl sites for hydroxylation is 1. The van der Waals surface area contributed by atoms with Gasteiger partial charge in [0.15, 0.2) is 0 Å². The van der Waals surface area contributed by atoms with E-state index in [2.05, 4.69) is 6.92 Å². The summed E-state index contributed by atoms with van der Waals surface area (Å²) in [6, 6.07) is 3.95. The first-order valence-electron chi connectivity index (χ1n) is 6.67. The van der Waals surface area contributed by atoms with Crippen molar-refractivity contribution in [3.63, 3.8) is 0 Å². The topological polar surface area (TPSA) is 49.7 Å². The Kier molecular flexibility index (Phi) is 6.76. The van der Waals surface area contributed by atoms with Gasteiger partial charge in [0.1, 0.15) is 5.75 Å². The number of methoxy groups -OCH3 is 1. The molecule has 2 N–H and O–H groups in total. The smallest absolute Gasteiger partial charge is 0.129 e. The Bertz CT molecular complexity index is 336. The van der Waals surface area contributed by atoms with Crippen LogP contribution in [0.4, 0.5) is 0 Å². The molecule has 0 bridgehead atoms. The molecular weight excluding hydrogens is 228 g/mol. The van der Waals surface area contributed by atoms with E-state index in [0.717, 1.165) is 24.0 Å². The molecule has 0 fully saturated rings. The molecule has 1 aromatic rings. The van der Waals surface area contributed by atoms with Crippen LogP contribution in [0.5, 0.6) is 5.75 Å². The Labute approximate surface area is 109 Å². The monoisotopic (exact) mass is 252 g/mol. The maximum Gasteiger partial charge on any atom is 0.129 e. The summed E-state index contributed by atoms with van der Waals surface area (Å²) in [6.07, 6.45) is 5.85. The van der Waals surface area contributed by atoms with Gasteiger partial charge in [-0.05, 0) is 30.5 Å². The molecule has 1 aromatic carbocycles. The lowest BCUT2D eigenvalue weighted by atomic mass is 10.00. The van der Waals surface area contributed by atoms with Crippen LogP contribution in [-0.2, 0) is 19.6 Å². The van der Waals surface area contributed by atoms with E-state index in [9.17, 15) is 10.2 Å². The number of hydrogen-bond donors (Lipinski definition) is 2. The Morgan fingerprint density at radius 2 is 1.61 bits per heavy atom. The molecular formula is C15H24O3. The van der Waals surface area contributed by atoms with Crippen LogP contribution in [0.2, 0.25) is 0 Å². The summed E-state index contributed by atoms with van der Waals surface area (Å²) in [6.45, 7) is 2.08. The number of aliphatic hydroxyl groups excluding tert-OH is 2. The standard InChI is InChI=1S/C15H24O3/c1-3-4-5-6-7-12-8-13(10-16)15(18-2)14(9-12)11-17/h8-9,16-17H,3-7,10-11H2,1-2H3. The minimum Gasteiger partial charge on any atom is -0.496 e. The van der Waals surface area contributed by atoms with Gasteiger partial charge in [-0.1, -0.05) is 26.2 Å². The predicted molar refractivity (Wildman–Crippen MR) is 72.7 cm³/mol. The molecule has 102 valence electrons. The van der Waals surface area contributed by atoms with E-state index in [1.54, 1.807) is 7.11 Å². The molecule has 0 heterocycles. The molecule has 3 heteroatoms. The SMILES string of the molecule is CCCCCCc1cc(CO)c(OC)c(CO)c1. The summed E-state index contributed by atoms with van der Waals surface area (Å²) in [5, 5.41) is 18.7. The van der Waals surface area contributed by atoms with Crippen LogP contribution in [-0.4, -0.2) is 17.3 Å². The molecule has 0 aromatic heterocycles. The minimum atomic E-state index is -0.0566. The molecule has 18 heavy (non-hydrogen) atoms. The van der Waals surface area contributed by atoms with Crippen LogP contribution in [0.1, 0.15) is 49.3 Å². The van der Waals surface area contributed by atoms with Gasteiger partial charge in [-0.3, -0.25) is 0 Å². The van der Waals surface area contributed by atoms with E-state index >= 15 is 0 Å². The van der Waals surface area contributed by atoms with Gasteiger partial charge in [0.2, 0.25) is 0 Å². The zero-order chi connectivity index (χ0) is 13.4. The van der Waals surface area contributed by atoms with E-state index < -0.39 is 0 Å². The molecule has 1 rings (SSSR count). The Morgan fingerprint density at radius 1 is 1.00 bits per heavy atom. The van der Waals surface area contributed by atoms with Gasteiger partial charge in [0, 0.05) is 11.1 Å².